The van der Waals surface area contributed by atoms with Crippen LogP contribution in [0.25, 0.3) is 26.9 Å². The molecule has 1 N–H and O–H groups in total. The number of aromatic nitrogens is 2. The first-order valence-corrected chi connectivity index (χ1v) is 12.4. The van der Waals surface area contributed by atoms with Gasteiger partial charge in [0.1, 0.15) is 0 Å². The van der Waals surface area contributed by atoms with Crippen LogP contribution in [0, 0.1) is 13.8 Å². The van der Waals surface area contributed by atoms with E-state index in [9.17, 15) is 4.79 Å². The van der Waals surface area contributed by atoms with Crippen LogP contribution in [-0.4, -0.2) is 21.8 Å². The van der Waals surface area contributed by atoms with Crippen molar-refractivity contribution < 1.29 is 0 Å². The molecule has 4 aromatic rings. The molecule has 0 radical (unpaired) electrons. The van der Waals surface area contributed by atoms with Crippen LogP contribution in [0.1, 0.15) is 30.7 Å². The van der Waals surface area contributed by atoms with Gasteiger partial charge in [0, 0.05) is 47.5 Å². The third-order valence-corrected chi connectivity index (χ3v) is 6.50. The van der Waals surface area contributed by atoms with Crippen LogP contribution in [-0.2, 0) is 7.05 Å². The van der Waals surface area contributed by atoms with Gasteiger partial charge in [-0.15, -0.1) is 0 Å². The predicted molar refractivity (Wildman–Crippen MR) is 153 cm³/mol. The van der Waals surface area contributed by atoms with E-state index < -0.39 is 0 Å². The minimum Gasteiger partial charge on any atom is -0.335 e. The highest BCUT2D eigenvalue weighted by Gasteiger charge is 2.13. The minimum atomic E-state index is -0.0374. The molecule has 180 valence electrons. The lowest BCUT2D eigenvalue weighted by Gasteiger charge is -2.15. The Hall–Kier alpha value is -3.64. The lowest BCUT2D eigenvalue weighted by atomic mass is 9.99. The number of pyridine rings is 2. The number of amidine groups is 1. The van der Waals surface area contributed by atoms with Crippen molar-refractivity contribution in [3.63, 3.8) is 0 Å². The molecule has 2 aromatic heterocycles. The molecule has 0 saturated carbocycles. The number of benzene rings is 2. The monoisotopic (exact) mass is 484 g/mol. The highest BCUT2D eigenvalue weighted by molar-refractivity contribution is 8.21. The van der Waals surface area contributed by atoms with E-state index in [-0.39, 0.29) is 5.56 Å². The van der Waals surface area contributed by atoms with E-state index in [1.807, 2.05) is 94.6 Å². The Morgan fingerprint density at radius 2 is 1.74 bits per heavy atom. The lowest BCUT2D eigenvalue weighted by Crippen LogP contribution is -2.19. The van der Waals surface area contributed by atoms with Crippen molar-refractivity contribution in [3.8, 4) is 11.1 Å². The molecule has 0 fully saturated rings. The van der Waals surface area contributed by atoms with Crippen molar-refractivity contribution in [2.45, 2.75) is 27.7 Å². The molecule has 5 nitrogen and oxygen atoms in total. The summed E-state index contributed by atoms with van der Waals surface area (Å²) in [6, 6.07) is 19.9. The van der Waals surface area contributed by atoms with Gasteiger partial charge in [0.15, 0.2) is 5.17 Å². The summed E-state index contributed by atoms with van der Waals surface area (Å²) in [5, 5.41) is 5.03. The Morgan fingerprint density at radius 1 is 1.03 bits per heavy atom. The SMILES string of the molecule is C=C(SC(=NC)Nc1ccc(C)c(-c2cc3cnc(C)cc3n(C)c2=O)c1)c1ccccc1.CC. The number of anilines is 1. The number of aryl methyl sites for hydroxylation is 3. The third kappa shape index (κ3) is 5.89. The first-order chi connectivity index (χ1) is 16.9. The van der Waals surface area contributed by atoms with Crippen molar-refractivity contribution in [3.05, 3.63) is 101 Å². The number of rotatable bonds is 4. The number of nitrogens with zero attached hydrogens (tertiary/aromatic N) is 3. The van der Waals surface area contributed by atoms with Gasteiger partial charge in [0.05, 0.1) is 5.52 Å². The normalized spacial score (nSPS) is 11.1. The van der Waals surface area contributed by atoms with Crippen molar-refractivity contribution in [1.29, 1.82) is 0 Å². The molecule has 0 spiro atoms. The Labute approximate surface area is 211 Å². The second kappa shape index (κ2) is 11.7. The molecule has 2 aromatic carbocycles. The second-order valence-electron chi connectivity index (χ2n) is 7.88. The van der Waals surface area contributed by atoms with E-state index in [2.05, 4.69) is 21.9 Å². The molecule has 0 aliphatic rings. The largest absolute Gasteiger partial charge is 0.335 e. The maximum absolute atomic E-state index is 13.2. The number of nitrogens with one attached hydrogen (secondary N) is 1. The van der Waals surface area contributed by atoms with Crippen LogP contribution in [0.2, 0.25) is 0 Å². The molecular weight excluding hydrogens is 452 g/mol. The Bertz CT molecular complexity index is 1440. The molecule has 35 heavy (non-hydrogen) atoms. The van der Waals surface area contributed by atoms with Crippen molar-refractivity contribution in [2.24, 2.45) is 12.0 Å². The second-order valence-corrected chi connectivity index (χ2v) is 8.97. The topological polar surface area (TPSA) is 59.3 Å². The van der Waals surface area contributed by atoms with Gasteiger partial charge in [-0.25, -0.2) is 0 Å². The molecule has 0 amide bonds. The van der Waals surface area contributed by atoms with Crippen LogP contribution in [0.4, 0.5) is 5.69 Å². The van der Waals surface area contributed by atoms with E-state index in [0.29, 0.717) is 5.56 Å². The fraction of sp³-hybridized carbons (Fsp3) is 0.207. The fourth-order valence-electron chi connectivity index (χ4n) is 3.70. The first kappa shape index (κ1) is 26.0. The van der Waals surface area contributed by atoms with Crippen LogP contribution in [0.15, 0.2) is 83.2 Å². The van der Waals surface area contributed by atoms with Crippen LogP contribution in [0.3, 0.4) is 0 Å². The van der Waals surface area contributed by atoms with Gasteiger partial charge in [-0.05, 0) is 54.8 Å². The summed E-state index contributed by atoms with van der Waals surface area (Å²) in [5.74, 6) is 0. The van der Waals surface area contributed by atoms with Gasteiger partial charge in [0.2, 0.25) is 0 Å². The van der Waals surface area contributed by atoms with E-state index in [4.69, 9.17) is 0 Å². The maximum atomic E-state index is 13.2. The number of hydrogen-bond donors (Lipinski definition) is 1. The average Bonchev–Trinajstić information content (AvgIpc) is 2.89. The van der Waals surface area contributed by atoms with Gasteiger partial charge >= 0.3 is 0 Å². The Morgan fingerprint density at radius 3 is 2.43 bits per heavy atom. The van der Waals surface area contributed by atoms with Gasteiger partial charge in [-0.3, -0.25) is 14.8 Å². The van der Waals surface area contributed by atoms with E-state index >= 15 is 0 Å². The first-order valence-electron chi connectivity index (χ1n) is 11.6. The molecule has 0 atom stereocenters. The zero-order chi connectivity index (χ0) is 25.5. The maximum Gasteiger partial charge on any atom is 0.258 e. The molecule has 0 saturated heterocycles. The summed E-state index contributed by atoms with van der Waals surface area (Å²) < 4.78 is 1.69. The lowest BCUT2D eigenvalue weighted by molar-refractivity contribution is 0.905. The zero-order valence-electron chi connectivity index (χ0n) is 21.2. The van der Waals surface area contributed by atoms with Crippen LogP contribution < -0.4 is 10.9 Å². The molecule has 0 unspecified atom stereocenters. The number of thioether (sulfide) groups is 1. The average molecular weight is 485 g/mol. The quantitative estimate of drug-likeness (QED) is 0.249. The molecule has 0 bridgehead atoms. The molecule has 0 aliphatic heterocycles. The van der Waals surface area contributed by atoms with Crippen LogP contribution in [0.5, 0.6) is 0 Å². The summed E-state index contributed by atoms with van der Waals surface area (Å²) in [7, 11) is 3.55. The number of hydrogen-bond acceptors (Lipinski definition) is 4. The van der Waals surface area contributed by atoms with Gasteiger partial charge in [-0.2, -0.15) is 0 Å². The summed E-state index contributed by atoms with van der Waals surface area (Å²) in [4.78, 5) is 22.9. The van der Waals surface area contributed by atoms with Crippen molar-refractivity contribution in [1.82, 2.24) is 9.55 Å². The Kier molecular flexibility index (Phi) is 8.66. The van der Waals surface area contributed by atoms with Crippen molar-refractivity contribution >= 4 is 38.4 Å². The van der Waals surface area contributed by atoms with Crippen LogP contribution >= 0.6 is 11.8 Å². The Balaban J connectivity index is 0.00000167. The van der Waals surface area contributed by atoms with E-state index in [0.717, 1.165) is 49.0 Å². The highest BCUT2D eigenvalue weighted by Crippen LogP contribution is 2.30. The summed E-state index contributed by atoms with van der Waals surface area (Å²) >= 11 is 1.48. The van der Waals surface area contributed by atoms with Gasteiger partial charge in [0.25, 0.3) is 5.56 Å². The molecule has 4 rings (SSSR count). The smallest absolute Gasteiger partial charge is 0.258 e. The third-order valence-electron chi connectivity index (χ3n) is 5.54. The summed E-state index contributed by atoms with van der Waals surface area (Å²) in [5.41, 5.74) is 6.18. The van der Waals surface area contributed by atoms with Gasteiger partial charge < -0.3 is 9.88 Å². The molecule has 2 heterocycles. The van der Waals surface area contributed by atoms with E-state index in [1.54, 1.807) is 18.7 Å². The summed E-state index contributed by atoms with van der Waals surface area (Å²) in [6.07, 6.45) is 1.82. The number of fused-ring (bicyclic) bond motifs is 1. The predicted octanol–water partition coefficient (Wildman–Crippen LogP) is 7.05. The fourth-order valence-corrected chi connectivity index (χ4v) is 4.45. The number of aliphatic imine (C=N–C) groups is 1. The zero-order valence-corrected chi connectivity index (χ0v) is 22.0. The van der Waals surface area contributed by atoms with E-state index in [1.165, 1.54) is 11.8 Å². The van der Waals surface area contributed by atoms with Crippen molar-refractivity contribution in [2.75, 3.05) is 12.4 Å². The molecular formula is C29H32N4OS. The minimum absolute atomic E-state index is 0.0374. The van der Waals surface area contributed by atoms with Gasteiger partial charge in [-0.1, -0.05) is 68.6 Å². The summed E-state index contributed by atoms with van der Waals surface area (Å²) in [6.45, 7) is 12.1. The molecule has 6 heteroatoms. The highest BCUT2D eigenvalue weighted by atomic mass is 32.2. The molecule has 0 aliphatic carbocycles. The standard InChI is InChI=1S/C27H26N4OS.C2H6/c1-17-11-12-22(30-27(28-4)33-19(3)20-9-7-6-8-10-20)15-23(17)24-14-21-16-29-18(2)13-25(21)31(5)26(24)32;1-2/h6-16H,3H2,1-2,4-5H3,(H,28,30);1-2H3.